The third kappa shape index (κ3) is 6.24. The maximum absolute atomic E-state index is 13.7. The van der Waals surface area contributed by atoms with Gasteiger partial charge in [0.15, 0.2) is 0 Å². The molecule has 16 heteroatoms. The van der Waals surface area contributed by atoms with E-state index in [4.69, 9.17) is 4.74 Å². The van der Waals surface area contributed by atoms with Gasteiger partial charge in [0.05, 0.1) is 48.4 Å². The van der Waals surface area contributed by atoms with Gasteiger partial charge in [0.1, 0.15) is 17.7 Å². The normalized spacial score (nSPS) is 23.8. The Bertz CT molecular complexity index is 1720. The predicted molar refractivity (Wildman–Crippen MR) is 148 cm³/mol. The number of amides is 1. The lowest BCUT2D eigenvalue weighted by molar-refractivity contribution is -0.143. The molecule has 0 unspecified atom stereocenters. The summed E-state index contributed by atoms with van der Waals surface area (Å²) in [6.07, 6.45) is -12.5. The molecule has 1 amide bonds. The van der Waals surface area contributed by atoms with Crippen molar-refractivity contribution in [3.63, 3.8) is 0 Å². The summed E-state index contributed by atoms with van der Waals surface area (Å²) in [5.41, 5.74) is -2.63. The number of anilines is 1. The molecule has 1 aromatic heterocycles. The number of alkyl halides is 8. The van der Waals surface area contributed by atoms with Crippen LogP contribution in [0.15, 0.2) is 48.5 Å². The molecule has 3 aromatic rings. The highest BCUT2D eigenvalue weighted by atomic mass is 19.4. The first-order chi connectivity index (χ1) is 21.8. The number of phenolic OH excluding ortho intramolecular Hbond substituents is 1. The van der Waals surface area contributed by atoms with Crippen LogP contribution < -0.4 is 4.90 Å². The highest BCUT2D eigenvalue weighted by Gasteiger charge is 2.47. The maximum atomic E-state index is 13.7. The Morgan fingerprint density at radius 1 is 0.957 bits per heavy atom. The summed E-state index contributed by atoms with van der Waals surface area (Å²) in [5, 5.41) is 20.2. The van der Waals surface area contributed by atoms with Gasteiger partial charge in [-0.05, 0) is 72.9 Å². The van der Waals surface area contributed by atoms with E-state index in [1.165, 1.54) is 30.0 Å². The van der Waals surface area contributed by atoms with Crippen LogP contribution in [-0.2, 0) is 28.4 Å². The minimum absolute atomic E-state index is 0.0371. The second kappa shape index (κ2) is 11.0. The summed E-state index contributed by atoms with van der Waals surface area (Å²) in [7, 11) is 0. The Morgan fingerprint density at radius 2 is 1.60 bits per heavy atom. The van der Waals surface area contributed by atoms with Crippen molar-refractivity contribution >= 4 is 17.9 Å². The molecule has 8 nitrogen and oxygen atoms in total. The minimum Gasteiger partial charge on any atom is -0.507 e. The zero-order chi connectivity index (χ0) is 34.2. The molecule has 250 valence electrons. The van der Waals surface area contributed by atoms with Gasteiger partial charge in [0, 0.05) is 11.1 Å². The van der Waals surface area contributed by atoms with E-state index in [9.17, 15) is 54.9 Å². The molecule has 1 aliphatic carbocycles. The number of ether oxygens (including phenoxy) is 1. The molecular weight excluding hydrogens is 646 g/mol. The smallest absolute Gasteiger partial charge is 0.416 e. The Labute approximate surface area is 261 Å². The molecule has 3 aliphatic rings. The van der Waals surface area contributed by atoms with Gasteiger partial charge < -0.3 is 19.8 Å². The first-order valence-electron chi connectivity index (χ1n) is 14.3. The van der Waals surface area contributed by atoms with Crippen LogP contribution in [0.4, 0.5) is 45.7 Å². The Balaban J connectivity index is 1.37. The van der Waals surface area contributed by atoms with Gasteiger partial charge in [-0.1, -0.05) is 6.07 Å². The number of aromatic hydroxyl groups is 1. The number of carboxylic acids is 1. The molecule has 4 atom stereocenters. The summed E-state index contributed by atoms with van der Waals surface area (Å²) < 4.78 is 114. The van der Waals surface area contributed by atoms with E-state index < -0.39 is 84.7 Å². The van der Waals surface area contributed by atoms with Gasteiger partial charge in [0.25, 0.3) is 5.92 Å². The van der Waals surface area contributed by atoms with Crippen molar-refractivity contribution in [2.45, 2.75) is 56.2 Å². The van der Waals surface area contributed by atoms with E-state index >= 15 is 0 Å². The first kappa shape index (κ1) is 32.3. The van der Waals surface area contributed by atoms with E-state index in [0.717, 1.165) is 4.90 Å². The highest BCUT2D eigenvalue weighted by molar-refractivity contribution is 5.78. The molecule has 47 heavy (non-hydrogen) atoms. The van der Waals surface area contributed by atoms with Gasteiger partial charge in [-0.3, -0.25) is 9.69 Å². The number of rotatable bonds is 7. The first-order valence-corrected chi connectivity index (χ1v) is 14.3. The van der Waals surface area contributed by atoms with Crippen LogP contribution in [0.3, 0.4) is 0 Å². The molecule has 0 spiro atoms. The van der Waals surface area contributed by atoms with E-state index in [1.807, 2.05) is 0 Å². The van der Waals surface area contributed by atoms with E-state index in [-0.39, 0.29) is 40.4 Å². The number of nitrogens with zero attached hydrogens (tertiary/aromatic N) is 3. The Morgan fingerprint density at radius 3 is 2.15 bits per heavy atom. The van der Waals surface area contributed by atoms with Crippen molar-refractivity contribution in [3.05, 3.63) is 76.5 Å². The average Bonchev–Trinajstić information content (AvgIpc) is 3.73. The van der Waals surface area contributed by atoms with Crippen LogP contribution in [0.2, 0.25) is 0 Å². The lowest BCUT2D eigenvalue weighted by Crippen LogP contribution is -2.56. The number of benzene rings is 2. The van der Waals surface area contributed by atoms with E-state index in [2.05, 4.69) is 4.98 Å². The number of pyridine rings is 1. The summed E-state index contributed by atoms with van der Waals surface area (Å²) in [6.45, 7) is -0.349. The van der Waals surface area contributed by atoms with Crippen LogP contribution in [0, 0.1) is 5.92 Å². The highest BCUT2D eigenvalue weighted by Crippen LogP contribution is 2.49. The number of carbonyl (C=O) groups is 2. The third-order valence-electron chi connectivity index (χ3n) is 8.63. The van der Waals surface area contributed by atoms with Crippen LogP contribution >= 0.6 is 0 Å². The van der Waals surface area contributed by atoms with Crippen LogP contribution in [0.25, 0.3) is 11.1 Å². The van der Waals surface area contributed by atoms with Crippen molar-refractivity contribution in [1.29, 1.82) is 0 Å². The fraction of sp³-hybridized carbons (Fsp3) is 0.387. The number of halogens is 8. The molecule has 2 N–H and O–H groups in total. The van der Waals surface area contributed by atoms with Gasteiger partial charge in [-0.2, -0.15) is 26.3 Å². The number of cyclic esters (lactones) is 1. The topological polar surface area (TPSA) is 103 Å². The molecule has 6 rings (SSSR count). The average molecular weight is 672 g/mol. The van der Waals surface area contributed by atoms with Crippen molar-refractivity contribution in [3.8, 4) is 16.9 Å². The quantitative estimate of drug-likeness (QED) is 0.256. The van der Waals surface area contributed by atoms with Crippen molar-refractivity contribution in [2.75, 3.05) is 18.0 Å². The molecule has 2 aromatic carbocycles. The van der Waals surface area contributed by atoms with E-state index in [0.29, 0.717) is 24.1 Å². The Hall–Kier alpha value is -4.63. The minimum atomic E-state index is -5.13. The van der Waals surface area contributed by atoms with E-state index in [1.54, 1.807) is 12.1 Å². The van der Waals surface area contributed by atoms with Crippen molar-refractivity contribution in [1.82, 2.24) is 9.88 Å². The second-order valence-electron chi connectivity index (χ2n) is 12.0. The number of aromatic nitrogens is 1. The predicted octanol–water partition coefficient (Wildman–Crippen LogP) is 7.22. The van der Waals surface area contributed by atoms with Crippen molar-refractivity contribution in [2.24, 2.45) is 5.92 Å². The van der Waals surface area contributed by atoms with Gasteiger partial charge in [0.2, 0.25) is 0 Å². The molecule has 2 saturated heterocycles. The molecule has 1 saturated carbocycles. The fourth-order valence-corrected chi connectivity index (χ4v) is 6.01. The van der Waals surface area contributed by atoms with Crippen LogP contribution in [-0.4, -0.2) is 57.2 Å². The lowest BCUT2D eigenvalue weighted by Gasteiger charge is -2.39. The SMILES string of the molecule is C[C@H]1[C@@H](c2cc(C(F)(F)F)cc(C(F)(F)F)c2)OC(=O)N1Cc1nc(N2CC(F)(F)C2)ccc1-c1cc([C@H]2C[C@@H]2C(=O)O)ccc1O. The second-order valence-corrected chi connectivity index (χ2v) is 12.0. The van der Waals surface area contributed by atoms with Crippen molar-refractivity contribution < 1.29 is 59.7 Å². The number of phenols is 1. The number of carboxylic acid groups (broad SMARTS) is 1. The number of aliphatic carboxylic acids is 1. The number of hydrogen-bond acceptors (Lipinski definition) is 6. The van der Waals surface area contributed by atoms with Gasteiger partial charge in [-0.15, -0.1) is 0 Å². The summed E-state index contributed by atoms with van der Waals surface area (Å²) >= 11 is 0. The summed E-state index contributed by atoms with van der Waals surface area (Å²) in [6, 6.07) is 7.16. The number of carbonyl (C=O) groups excluding carboxylic acids is 1. The maximum Gasteiger partial charge on any atom is 0.416 e. The van der Waals surface area contributed by atoms with Crippen LogP contribution in [0.5, 0.6) is 5.75 Å². The molecule has 0 bridgehead atoms. The Kier molecular flexibility index (Phi) is 7.55. The lowest BCUT2D eigenvalue weighted by atomic mass is 9.96. The molecule has 2 aliphatic heterocycles. The number of hydrogen-bond donors (Lipinski definition) is 2. The standard InChI is InChI=1S/C31H25F8N3O5/c1-14-26(16-6-17(30(34,35)36)9-18(7-16)31(37,38)39)47-28(46)42(14)11-23-19(3-5-25(40-23)41-12-29(32,33)13-41)21-8-15(2-4-24(21)43)20-10-22(20)27(44)45/h2-9,14,20,22,26,43H,10-13H2,1H3,(H,44,45)/t14-,20+,22-,26-/m0/s1. The van der Waals surface area contributed by atoms with Gasteiger partial charge >= 0.3 is 24.4 Å². The third-order valence-corrected chi connectivity index (χ3v) is 8.63. The van der Waals surface area contributed by atoms with Gasteiger partial charge in [-0.25, -0.2) is 18.6 Å². The summed E-state index contributed by atoms with van der Waals surface area (Å²) in [4.78, 5) is 31.3. The molecule has 3 fully saturated rings. The monoisotopic (exact) mass is 671 g/mol. The largest absolute Gasteiger partial charge is 0.507 e. The zero-order valence-corrected chi connectivity index (χ0v) is 24.2. The zero-order valence-electron chi connectivity index (χ0n) is 24.2. The molecular formula is C31H25F8N3O5. The van der Waals surface area contributed by atoms with Crippen LogP contribution in [0.1, 0.15) is 53.3 Å². The molecule has 0 radical (unpaired) electrons. The summed E-state index contributed by atoms with van der Waals surface area (Å²) in [5.74, 6) is -5.03. The molecule has 3 heterocycles. The fourth-order valence-electron chi connectivity index (χ4n) is 6.01.